The molecule has 0 saturated heterocycles. The minimum Gasteiger partial charge on any atom is -0.450 e. The van der Waals surface area contributed by atoms with Crippen LogP contribution in [0.2, 0.25) is 5.02 Å². The number of benzene rings is 1. The van der Waals surface area contributed by atoms with Crippen LogP contribution in [0.15, 0.2) is 16.5 Å². The zero-order valence-electron chi connectivity index (χ0n) is 15.0. The molecular weight excluding hydrogens is 366 g/mol. The number of rotatable bonds is 2. The summed E-state index contributed by atoms with van der Waals surface area (Å²) in [5.74, 6) is 2.36. The van der Waals surface area contributed by atoms with Gasteiger partial charge in [-0.2, -0.15) is 0 Å². The lowest BCUT2D eigenvalue weighted by Gasteiger charge is -2.42. The topological polar surface area (TPSA) is 74.6 Å². The molecule has 2 aliphatic rings. The first kappa shape index (κ1) is 17.7. The Balaban J connectivity index is 1.91. The van der Waals surface area contributed by atoms with Gasteiger partial charge in [0.05, 0.1) is 22.8 Å². The fourth-order valence-electron chi connectivity index (χ4n) is 4.19. The summed E-state index contributed by atoms with van der Waals surface area (Å²) in [6.45, 7) is 0.191. The number of furan rings is 1. The second kappa shape index (κ2) is 6.50. The lowest BCUT2D eigenvalue weighted by Crippen LogP contribution is -2.52. The van der Waals surface area contributed by atoms with Gasteiger partial charge in [0, 0.05) is 18.0 Å². The molecule has 7 heteroatoms. The number of anilines is 1. The highest BCUT2D eigenvalue weighted by atomic mass is 35.5. The van der Waals surface area contributed by atoms with Gasteiger partial charge in [0.25, 0.3) is 5.91 Å². The van der Waals surface area contributed by atoms with Crippen LogP contribution in [0.1, 0.15) is 48.2 Å². The summed E-state index contributed by atoms with van der Waals surface area (Å²) in [7, 11) is 1.63. The molecule has 1 aliphatic heterocycles. The van der Waals surface area contributed by atoms with Crippen molar-refractivity contribution in [1.29, 1.82) is 0 Å². The average molecular weight is 386 g/mol. The Hall–Kier alpha value is -2.65. The van der Waals surface area contributed by atoms with E-state index >= 15 is 0 Å². The van der Waals surface area contributed by atoms with E-state index in [2.05, 4.69) is 16.6 Å². The number of halogens is 1. The predicted octanol–water partition coefficient (Wildman–Crippen LogP) is 4.09. The van der Waals surface area contributed by atoms with E-state index in [0.717, 1.165) is 43.1 Å². The first-order valence-corrected chi connectivity index (χ1v) is 9.37. The highest BCUT2D eigenvalue weighted by Crippen LogP contribution is 2.48. The lowest BCUT2D eigenvalue weighted by atomic mass is 9.74. The van der Waals surface area contributed by atoms with Gasteiger partial charge in [-0.15, -0.1) is 6.42 Å². The van der Waals surface area contributed by atoms with Gasteiger partial charge in [-0.1, -0.05) is 36.8 Å². The van der Waals surface area contributed by atoms with Crippen LogP contribution in [0.25, 0.3) is 11.0 Å². The van der Waals surface area contributed by atoms with Gasteiger partial charge in [0.1, 0.15) is 5.58 Å². The van der Waals surface area contributed by atoms with Gasteiger partial charge < -0.3 is 20.0 Å². The van der Waals surface area contributed by atoms with Crippen molar-refractivity contribution in [3.05, 3.63) is 28.5 Å². The quantitative estimate of drug-likeness (QED) is 0.765. The molecule has 1 spiro atoms. The second-order valence-electron chi connectivity index (χ2n) is 7.22. The van der Waals surface area contributed by atoms with Crippen molar-refractivity contribution in [2.75, 3.05) is 18.9 Å². The van der Waals surface area contributed by atoms with Gasteiger partial charge in [0.2, 0.25) is 0 Å². The standard InChI is InChI=1S/C20H20ClN3O3/c1-3-9-24(2)18(25)14-11-12-10-13(21)16-15(17(12)27-14)20(23-19(26)22-16)7-5-4-6-8-20/h1,10-11H,4-9H2,2H3,(H2,22,23,26). The Morgan fingerprint density at radius 1 is 1.37 bits per heavy atom. The number of hydrogen-bond acceptors (Lipinski definition) is 3. The third-order valence-electron chi connectivity index (χ3n) is 5.42. The summed E-state index contributed by atoms with van der Waals surface area (Å²) in [5.41, 5.74) is 1.46. The number of amides is 3. The van der Waals surface area contributed by atoms with Crippen molar-refractivity contribution in [1.82, 2.24) is 10.2 Å². The van der Waals surface area contributed by atoms with E-state index in [0.29, 0.717) is 16.3 Å². The largest absolute Gasteiger partial charge is 0.450 e. The van der Waals surface area contributed by atoms with Crippen LogP contribution in [-0.4, -0.2) is 30.4 Å². The van der Waals surface area contributed by atoms with Gasteiger partial charge in [0.15, 0.2) is 5.76 Å². The molecule has 1 fully saturated rings. The molecule has 0 bridgehead atoms. The lowest BCUT2D eigenvalue weighted by molar-refractivity contribution is 0.0783. The average Bonchev–Trinajstić information content (AvgIpc) is 3.05. The molecule has 0 atom stereocenters. The van der Waals surface area contributed by atoms with Crippen molar-refractivity contribution in [2.45, 2.75) is 37.6 Å². The van der Waals surface area contributed by atoms with E-state index in [1.807, 2.05) is 0 Å². The third kappa shape index (κ3) is 2.83. The zero-order valence-corrected chi connectivity index (χ0v) is 15.8. The number of carbonyl (C=O) groups is 2. The summed E-state index contributed by atoms with van der Waals surface area (Å²) < 4.78 is 6.00. The predicted molar refractivity (Wildman–Crippen MR) is 104 cm³/mol. The first-order valence-electron chi connectivity index (χ1n) is 9.00. The van der Waals surface area contributed by atoms with Gasteiger partial charge >= 0.3 is 6.03 Å². The minimum absolute atomic E-state index is 0.191. The molecule has 2 heterocycles. The van der Waals surface area contributed by atoms with Gasteiger partial charge in [-0.25, -0.2) is 4.79 Å². The Morgan fingerprint density at radius 2 is 2.11 bits per heavy atom. The Labute approximate surface area is 162 Å². The van der Waals surface area contributed by atoms with Crippen LogP contribution in [-0.2, 0) is 5.54 Å². The summed E-state index contributed by atoms with van der Waals surface area (Å²) in [6, 6.07) is 3.14. The monoisotopic (exact) mass is 385 g/mol. The number of nitrogens with zero attached hydrogens (tertiary/aromatic N) is 1. The maximum atomic E-state index is 12.6. The summed E-state index contributed by atoms with van der Waals surface area (Å²) in [4.78, 5) is 26.3. The van der Waals surface area contributed by atoms with Crippen LogP contribution < -0.4 is 10.6 Å². The molecule has 27 heavy (non-hydrogen) atoms. The third-order valence-corrected chi connectivity index (χ3v) is 5.72. The van der Waals surface area contributed by atoms with E-state index in [1.165, 1.54) is 4.90 Å². The van der Waals surface area contributed by atoms with E-state index < -0.39 is 5.54 Å². The van der Waals surface area contributed by atoms with Crippen molar-refractivity contribution in [3.8, 4) is 12.3 Å². The smallest absolute Gasteiger partial charge is 0.319 e. The van der Waals surface area contributed by atoms with Gasteiger partial charge in [-0.05, 0) is 25.0 Å². The Kier molecular flexibility index (Phi) is 4.27. The zero-order chi connectivity index (χ0) is 19.2. The fraction of sp³-hybridized carbons (Fsp3) is 0.400. The SMILES string of the molecule is C#CCN(C)C(=O)c1cc2cc(Cl)c3c(c2o1)C1(CCCCC1)NC(=O)N3. The van der Waals surface area contributed by atoms with E-state index in [-0.39, 0.29) is 24.2 Å². The van der Waals surface area contributed by atoms with Crippen molar-refractivity contribution in [3.63, 3.8) is 0 Å². The van der Waals surface area contributed by atoms with E-state index in [9.17, 15) is 9.59 Å². The maximum Gasteiger partial charge on any atom is 0.319 e. The molecule has 0 unspecified atom stereocenters. The van der Waals surface area contributed by atoms with E-state index in [1.54, 1.807) is 19.2 Å². The summed E-state index contributed by atoms with van der Waals surface area (Å²) in [5, 5.41) is 7.08. The normalized spacial score (nSPS) is 17.7. The molecule has 1 aliphatic carbocycles. The Bertz CT molecular complexity index is 982. The number of urea groups is 1. The molecule has 3 amide bonds. The molecule has 4 rings (SSSR count). The molecule has 1 aromatic heterocycles. The number of hydrogen-bond donors (Lipinski definition) is 2. The van der Waals surface area contributed by atoms with Gasteiger partial charge in [-0.3, -0.25) is 4.79 Å². The van der Waals surface area contributed by atoms with Crippen LogP contribution >= 0.6 is 11.6 Å². The highest BCUT2D eigenvalue weighted by Gasteiger charge is 2.43. The number of nitrogens with one attached hydrogen (secondary N) is 2. The molecule has 0 radical (unpaired) electrons. The number of terminal acetylenes is 1. The molecule has 2 aromatic rings. The highest BCUT2D eigenvalue weighted by molar-refractivity contribution is 6.35. The van der Waals surface area contributed by atoms with Crippen molar-refractivity contribution >= 4 is 40.2 Å². The van der Waals surface area contributed by atoms with Crippen molar-refractivity contribution < 1.29 is 14.0 Å². The van der Waals surface area contributed by atoms with Crippen molar-refractivity contribution in [2.24, 2.45) is 0 Å². The first-order chi connectivity index (χ1) is 12.9. The second-order valence-corrected chi connectivity index (χ2v) is 7.63. The summed E-state index contributed by atoms with van der Waals surface area (Å²) >= 11 is 6.48. The van der Waals surface area contributed by atoms with Crippen LogP contribution in [0.4, 0.5) is 10.5 Å². The summed E-state index contributed by atoms with van der Waals surface area (Å²) in [6.07, 6.45) is 10.1. The molecule has 2 N–H and O–H groups in total. The fourth-order valence-corrected chi connectivity index (χ4v) is 4.44. The molecular formula is C20H20ClN3O3. The molecule has 6 nitrogen and oxygen atoms in total. The maximum absolute atomic E-state index is 12.6. The minimum atomic E-state index is -0.526. The van der Waals surface area contributed by atoms with Crippen LogP contribution in [0.5, 0.6) is 0 Å². The van der Waals surface area contributed by atoms with Crippen LogP contribution in [0, 0.1) is 12.3 Å². The molecule has 1 aromatic carbocycles. The van der Waals surface area contributed by atoms with E-state index in [4.69, 9.17) is 22.4 Å². The number of fused-ring (bicyclic) bond motifs is 4. The van der Waals surface area contributed by atoms with Crippen LogP contribution in [0.3, 0.4) is 0 Å². The Morgan fingerprint density at radius 3 is 2.81 bits per heavy atom. The number of carbonyl (C=O) groups excluding carboxylic acids is 2. The molecule has 1 saturated carbocycles. The molecule has 140 valence electrons.